The molecule has 1 N–H and O–H groups in total. The average Bonchev–Trinajstić information content (AvgIpc) is 2.97. The molecule has 5 heteroatoms. The Morgan fingerprint density at radius 1 is 0.742 bits per heavy atom. The number of imide groups is 1. The zero-order chi connectivity index (χ0) is 22.3. The molecule has 0 unspecified atom stereocenters. The number of carbonyl (C=O) groups is 2. The van der Waals surface area contributed by atoms with Crippen LogP contribution in [0, 0.1) is 33.5 Å². The molecule has 1 aliphatic heterocycles. The number of benzene rings is 3. The van der Waals surface area contributed by atoms with Crippen molar-refractivity contribution in [2.45, 2.75) is 27.7 Å². The minimum atomic E-state index is -0.468. The number of hydrogen-bond donors (Lipinski definition) is 1. The van der Waals surface area contributed by atoms with Gasteiger partial charge in [-0.05, 0) is 80.3 Å². The topological polar surface area (TPSA) is 49.4 Å². The van der Waals surface area contributed by atoms with E-state index in [0.29, 0.717) is 16.8 Å². The number of amides is 2. The second kappa shape index (κ2) is 7.84. The maximum atomic E-state index is 13.5. The highest BCUT2D eigenvalue weighted by Gasteiger charge is 2.40. The van der Waals surface area contributed by atoms with Crippen LogP contribution in [0.1, 0.15) is 27.8 Å². The first-order valence-corrected chi connectivity index (χ1v) is 10.1. The first kappa shape index (κ1) is 20.5. The van der Waals surface area contributed by atoms with Crippen molar-refractivity contribution in [3.05, 3.63) is 100.0 Å². The molecule has 4 nitrogen and oxygen atoms in total. The summed E-state index contributed by atoms with van der Waals surface area (Å²) in [4.78, 5) is 28.0. The molecule has 156 valence electrons. The number of nitrogens with one attached hydrogen (secondary N) is 1. The zero-order valence-electron chi connectivity index (χ0n) is 17.9. The second-order valence-corrected chi connectivity index (χ2v) is 7.91. The average molecular weight is 414 g/mol. The Hall–Kier alpha value is -3.73. The number of anilines is 2. The molecular formula is C26H23FN2O2. The minimum Gasteiger partial charge on any atom is -0.350 e. The maximum Gasteiger partial charge on any atom is 0.282 e. The summed E-state index contributed by atoms with van der Waals surface area (Å²) in [5.74, 6) is -1.34. The van der Waals surface area contributed by atoms with Crippen LogP contribution in [-0.2, 0) is 9.59 Å². The lowest BCUT2D eigenvalue weighted by atomic mass is 9.99. The van der Waals surface area contributed by atoms with Gasteiger partial charge in [-0.1, -0.05) is 35.9 Å². The molecular weight excluding hydrogens is 391 g/mol. The number of hydrogen-bond acceptors (Lipinski definition) is 3. The van der Waals surface area contributed by atoms with Crippen LogP contribution >= 0.6 is 0 Å². The van der Waals surface area contributed by atoms with Gasteiger partial charge in [-0.3, -0.25) is 9.59 Å². The highest BCUT2D eigenvalue weighted by molar-refractivity contribution is 6.46. The third kappa shape index (κ3) is 3.75. The summed E-state index contributed by atoms with van der Waals surface area (Å²) in [5.41, 5.74) is 6.46. The summed E-state index contributed by atoms with van der Waals surface area (Å²) in [6.07, 6.45) is 0. The van der Waals surface area contributed by atoms with Gasteiger partial charge < -0.3 is 5.32 Å². The monoisotopic (exact) mass is 414 g/mol. The van der Waals surface area contributed by atoms with Gasteiger partial charge in [-0.25, -0.2) is 9.29 Å². The fraction of sp³-hybridized carbons (Fsp3) is 0.154. The van der Waals surface area contributed by atoms with Gasteiger partial charge in [0.2, 0.25) is 0 Å². The van der Waals surface area contributed by atoms with Gasteiger partial charge in [0.25, 0.3) is 11.8 Å². The fourth-order valence-corrected chi connectivity index (χ4v) is 3.72. The van der Waals surface area contributed by atoms with E-state index in [-0.39, 0.29) is 5.70 Å². The largest absolute Gasteiger partial charge is 0.350 e. The first-order valence-electron chi connectivity index (χ1n) is 10.1. The molecule has 31 heavy (non-hydrogen) atoms. The molecule has 0 bridgehead atoms. The molecule has 4 rings (SSSR count). The van der Waals surface area contributed by atoms with Crippen molar-refractivity contribution >= 4 is 28.8 Å². The van der Waals surface area contributed by atoms with Crippen LogP contribution in [0.4, 0.5) is 15.8 Å². The molecule has 0 aromatic heterocycles. The van der Waals surface area contributed by atoms with Gasteiger partial charge in [-0.15, -0.1) is 0 Å². The van der Waals surface area contributed by atoms with E-state index in [9.17, 15) is 14.0 Å². The predicted octanol–water partition coefficient (Wildman–Crippen LogP) is 5.46. The highest BCUT2D eigenvalue weighted by Crippen LogP contribution is 2.35. The number of halogens is 1. The Labute approximate surface area is 181 Å². The Morgan fingerprint density at radius 2 is 1.45 bits per heavy atom. The van der Waals surface area contributed by atoms with Gasteiger partial charge in [0.1, 0.15) is 11.5 Å². The van der Waals surface area contributed by atoms with Crippen LogP contribution in [0.15, 0.2) is 66.4 Å². The van der Waals surface area contributed by atoms with E-state index in [1.807, 2.05) is 64.1 Å². The summed E-state index contributed by atoms with van der Waals surface area (Å²) in [7, 11) is 0. The van der Waals surface area contributed by atoms with E-state index in [1.165, 1.54) is 24.3 Å². The predicted molar refractivity (Wildman–Crippen MR) is 121 cm³/mol. The van der Waals surface area contributed by atoms with Gasteiger partial charge in [0, 0.05) is 5.69 Å². The number of rotatable bonds is 4. The van der Waals surface area contributed by atoms with E-state index in [4.69, 9.17) is 0 Å². The Balaban J connectivity index is 1.85. The molecule has 3 aromatic carbocycles. The first-order chi connectivity index (χ1) is 14.8. The van der Waals surface area contributed by atoms with E-state index in [0.717, 1.165) is 32.8 Å². The lowest BCUT2D eigenvalue weighted by molar-refractivity contribution is -0.120. The van der Waals surface area contributed by atoms with Gasteiger partial charge in [0.05, 0.1) is 11.3 Å². The van der Waals surface area contributed by atoms with Crippen molar-refractivity contribution in [3.63, 3.8) is 0 Å². The number of nitrogens with zero attached hydrogens (tertiary/aromatic N) is 1. The Bertz CT molecular complexity index is 1240. The summed E-state index contributed by atoms with van der Waals surface area (Å²) in [6.45, 7) is 7.91. The van der Waals surface area contributed by atoms with Crippen LogP contribution < -0.4 is 10.2 Å². The molecule has 0 radical (unpaired) electrons. The molecule has 0 aliphatic carbocycles. The highest BCUT2D eigenvalue weighted by atomic mass is 19.1. The smallest absolute Gasteiger partial charge is 0.282 e. The summed E-state index contributed by atoms with van der Waals surface area (Å²) >= 11 is 0. The van der Waals surface area contributed by atoms with Crippen molar-refractivity contribution in [1.82, 2.24) is 0 Å². The van der Waals surface area contributed by atoms with E-state index in [1.54, 1.807) is 0 Å². The van der Waals surface area contributed by atoms with Crippen molar-refractivity contribution in [3.8, 4) is 0 Å². The van der Waals surface area contributed by atoms with Crippen LogP contribution in [0.3, 0.4) is 0 Å². The normalized spacial score (nSPS) is 13.9. The third-order valence-corrected chi connectivity index (χ3v) is 5.61. The summed E-state index contributed by atoms with van der Waals surface area (Å²) < 4.78 is 13.4. The quantitative estimate of drug-likeness (QED) is 0.577. The number of carbonyl (C=O) groups excluding carboxylic acids is 2. The molecule has 2 amide bonds. The second-order valence-electron chi connectivity index (χ2n) is 7.91. The Kier molecular flexibility index (Phi) is 5.19. The van der Waals surface area contributed by atoms with Gasteiger partial charge in [0.15, 0.2) is 0 Å². The lowest BCUT2D eigenvalue weighted by Gasteiger charge is -2.16. The lowest BCUT2D eigenvalue weighted by Crippen LogP contribution is -2.32. The molecule has 1 aliphatic rings. The minimum absolute atomic E-state index is 0.213. The molecule has 0 spiro atoms. The van der Waals surface area contributed by atoms with E-state index < -0.39 is 17.6 Å². The van der Waals surface area contributed by atoms with E-state index in [2.05, 4.69) is 5.32 Å². The van der Waals surface area contributed by atoms with Crippen molar-refractivity contribution in [2.75, 3.05) is 10.2 Å². The SMILES string of the molecule is Cc1ccc(NC2=C(c3ccc(C)c(C)c3)C(=O)N(c3ccc(F)cc3)C2=O)c(C)c1. The summed E-state index contributed by atoms with van der Waals surface area (Å²) in [6, 6.07) is 16.9. The molecule has 0 saturated heterocycles. The van der Waals surface area contributed by atoms with Crippen LogP contribution in [-0.4, -0.2) is 11.8 Å². The molecule has 0 fully saturated rings. The molecule has 1 heterocycles. The zero-order valence-corrected chi connectivity index (χ0v) is 17.9. The maximum absolute atomic E-state index is 13.5. The van der Waals surface area contributed by atoms with Crippen molar-refractivity contribution in [2.24, 2.45) is 0 Å². The molecule has 0 atom stereocenters. The van der Waals surface area contributed by atoms with Crippen LogP contribution in [0.25, 0.3) is 5.57 Å². The Morgan fingerprint density at radius 3 is 2.10 bits per heavy atom. The third-order valence-electron chi connectivity index (χ3n) is 5.61. The van der Waals surface area contributed by atoms with E-state index >= 15 is 0 Å². The number of aryl methyl sites for hydroxylation is 4. The van der Waals surface area contributed by atoms with Gasteiger partial charge in [-0.2, -0.15) is 0 Å². The van der Waals surface area contributed by atoms with Crippen LogP contribution in [0.5, 0.6) is 0 Å². The fourth-order valence-electron chi connectivity index (χ4n) is 3.72. The van der Waals surface area contributed by atoms with Crippen molar-refractivity contribution in [1.29, 1.82) is 0 Å². The van der Waals surface area contributed by atoms with Gasteiger partial charge >= 0.3 is 0 Å². The standard InChI is InChI=1S/C26H23FN2O2/c1-15-5-12-22(18(4)13-15)28-24-23(19-7-6-16(2)17(3)14-19)25(30)29(26(24)31)21-10-8-20(27)9-11-21/h5-14,28H,1-4H3. The summed E-state index contributed by atoms with van der Waals surface area (Å²) in [5, 5.41) is 3.20. The van der Waals surface area contributed by atoms with Crippen molar-refractivity contribution < 1.29 is 14.0 Å². The molecule has 3 aromatic rings. The van der Waals surface area contributed by atoms with Crippen LogP contribution in [0.2, 0.25) is 0 Å². The molecule has 0 saturated carbocycles.